The number of hydrogen-bond donors (Lipinski definition) is 3. The van der Waals surface area contributed by atoms with Gasteiger partial charge in [0.25, 0.3) is 0 Å². The number of amides is 1. The number of unbranched alkanes of at least 4 members (excludes halogenated alkanes) is 38. The predicted octanol–water partition coefficient (Wildman–Crippen LogP) is 18.4. The second-order valence-corrected chi connectivity index (χ2v) is 20.3. The van der Waals surface area contributed by atoms with Crippen LogP contribution < -0.4 is 5.32 Å². The molecular formula is C61H115NO5. The SMILES string of the molecule is CCCC/C=C\C/C=C\CCCCCCCC(=O)OCCCCC/C=C\CCCCCCCC(=O)NC(CO)C(O)CCCCCCCCCCCCCCCCCCCCCCCCCC. The molecule has 1 amide bonds. The number of allylic oxidation sites excluding steroid dienone is 6. The molecule has 0 aromatic rings. The van der Waals surface area contributed by atoms with Crippen LogP contribution in [0.2, 0.25) is 0 Å². The molecule has 0 rings (SSSR count). The van der Waals surface area contributed by atoms with Crippen molar-refractivity contribution in [3.63, 3.8) is 0 Å². The Kier molecular flexibility index (Phi) is 55.0. The smallest absolute Gasteiger partial charge is 0.305 e. The van der Waals surface area contributed by atoms with Crippen molar-refractivity contribution in [2.45, 2.75) is 328 Å². The highest BCUT2D eigenvalue weighted by Gasteiger charge is 2.20. The highest BCUT2D eigenvalue weighted by Crippen LogP contribution is 2.17. The molecule has 2 atom stereocenters. The number of rotatable bonds is 55. The van der Waals surface area contributed by atoms with E-state index in [1.54, 1.807) is 0 Å². The van der Waals surface area contributed by atoms with Gasteiger partial charge in [-0.2, -0.15) is 0 Å². The number of carbonyl (C=O) groups is 2. The molecule has 0 spiro atoms. The van der Waals surface area contributed by atoms with Crippen molar-refractivity contribution in [3.05, 3.63) is 36.5 Å². The molecule has 6 heteroatoms. The molecule has 0 aromatic heterocycles. The Morgan fingerprint density at radius 3 is 1.19 bits per heavy atom. The molecule has 0 aliphatic rings. The first-order chi connectivity index (χ1) is 33.0. The van der Waals surface area contributed by atoms with E-state index in [9.17, 15) is 19.8 Å². The average Bonchev–Trinajstić information content (AvgIpc) is 3.33. The van der Waals surface area contributed by atoms with E-state index in [2.05, 4.69) is 55.6 Å². The standard InChI is InChI=1S/C61H115NO5/c1-3-5-7-9-11-13-15-17-19-20-21-22-23-24-25-26-27-28-29-33-37-41-45-49-53-59(64)58(57-63)62-60(65)54-50-46-42-38-34-31-32-36-40-44-48-52-56-67-61(66)55-51-47-43-39-35-30-18-16-14-12-10-8-6-4-2/h10,12,16,18,32,36,58-59,63-64H,3-9,11,13-15,17,19-31,33-35,37-57H2,1-2H3,(H,62,65)/b12-10-,18-16-,36-32-. The van der Waals surface area contributed by atoms with Crippen LogP contribution in [0.3, 0.4) is 0 Å². The van der Waals surface area contributed by atoms with Gasteiger partial charge >= 0.3 is 5.97 Å². The molecular weight excluding hydrogens is 827 g/mol. The maximum atomic E-state index is 12.5. The Balaban J connectivity index is 3.50. The third-order valence-corrected chi connectivity index (χ3v) is 13.7. The molecule has 0 bridgehead atoms. The Morgan fingerprint density at radius 1 is 0.418 bits per heavy atom. The van der Waals surface area contributed by atoms with Crippen molar-refractivity contribution >= 4 is 11.9 Å². The van der Waals surface area contributed by atoms with E-state index in [1.807, 2.05) is 0 Å². The molecule has 6 nitrogen and oxygen atoms in total. The summed E-state index contributed by atoms with van der Waals surface area (Å²) in [7, 11) is 0. The molecule has 0 saturated carbocycles. The normalized spacial score (nSPS) is 12.8. The van der Waals surface area contributed by atoms with Crippen LogP contribution in [0.25, 0.3) is 0 Å². The van der Waals surface area contributed by atoms with Crippen molar-refractivity contribution in [1.29, 1.82) is 0 Å². The third-order valence-electron chi connectivity index (χ3n) is 13.7. The van der Waals surface area contributed by atoms with Crippen LogP contribution in [0.1, 0.15) is 316 Å². The van der Waals surface area contributed by atoms with Crippen LogP contribution in [-0.4, -0.2) is 47.4 Å². The van der Waals surface area contributed by atoms with Gasteiger partial charge in [0, 0.05) is 12.8 Å². The van der Waals surface area contributed by atoms with Gasteiger partial charge < -0.3 is 20.3 Å². The summed E-state index contributed by atoms with van der Waals surface area (Å²) in [6.45, 7) is 4.86. The van der Waals surface area contributed by atoms with E-state index in [-0.39, 0.29) is 18.5 Å². The predicted molar refractivity (Wildman–Crippen MR) is 292 cm³/mol. The molecule has 0 radical (unpaired) electrons. The summed E-state index contributed by atoms with van der Waals surface area (Å²) >= 11 is 0. The van der Waals surface area contributed by atoms with Gasteiger partial charge in [-0.15, -0.1) is 0 Å². The van der Waals surface area contributed by atoms with Crippen LogP contribution in [0, 0.1) is 0 Å². The molecule has 2 unspecified atom stereocenters. The molecule has 0 heterocycles. The van der Waals surface area contributed by atoms with Gasteiger partial charge in [-0.1, -0.05) is 256 Å². The maximum Gasteiger partial charge on any atom is 0.305 e. The van der Waals surface area contributed by atoms with E-state index in [0.29, 0.717) is 25.9 Å². The van der Waals surface area contributed by atoms with Crippen LogP contribution in [0.15, 0.2) is 36.5 Å². The average molecular weight is 943 g/mol. The summed E-state index contributed by atoms with van der Waals surface area (Å²) < 4.78 is 5.44. The monoisotopic (exact) mass is 942 g/mol. The second kappa shape index (κ2) is 56.7. The maximum absolute atomic E-state index is 12.5. The van der Waals surface area contributed by atoms with Crippen LogP contribution in [0.5, 0.6) is 0 Å². The topological polar surface area (TPSA) is 95.9 Å². The molecule has 0 fully saturated rings. The number of carbonyl (C=O) groups excluding carboxylic acids is 2. The number of ether oxygens (including phenoxy) is 1. The number of aliphatic hydroxyl groups is 2. The van der Waals surface area contributed by atoms with Crippen molar-refractivity contribution in [1.82, 2.24) is 5.32 Å². The molecule has 67 heavy (non-hydrogen) atoms. The van der Waals surface area contributed by atoms with Gasteiger partial charge in [0.05, 0.1) is 25.4 Å². The first-order valence-electron chi connectivity index (χ1n) is 29.7. The van der Waals surface area contributed by atoms with Gasteiger partial charge in [0.15, 0.2) is 0 Å². The number of esters is 1. The van der Waals surface area contributed by atoms with Crippen LogP contribution in [0.4, 0.5) is 0 Å². The Bertz CT molecular complexity index is 1090. The zero-order valence-electron chi connectivity index (χ0n) is 44.9. The summed E-state index contributed by atoms with van der Waals surface area (Å²) in [5, 5.41) is 23.3. The van der Waals surface area contributed by atoms with Gasteiger partial charge in [-0.3, -0.25) is 9.59 Å². The molecule has 0 aliphatic carbocycles. The van der Waals surface area contributed by atoms with Gasteiger partial charge in [-0.05, 0) is 83.5 Å². The summed E-state index contributed by atoms with van der Waals surface area (Å²) in [6, 6.07) is -0.563. The summed E-state index contributed by atoms with van der Waals surface area (Å²) in [5.41, 5.74) is 0. The summed E-state index contributed by atoms with van der Waals surface area (Å²) in [5.74, 6) is -0.0961. The molecule has 0 saturated heterocycles. The zero-order chi connectivity index (χ0) is 48.6. The van der Waals surface area contributed by atoms with E-state index >= 15 is 0 Å². The molecule has 0 aromatic carbocycles. The molecule has 394 valence electrons. The third kappa shape index (κ3) is 53.3. The fourth-order valence-electron chi connectivity index (χ4n) is 9.06. The lowest BCUT2D eigenvalue weighted by Gasteiger charge is -2.22. The quantitative estimate of drug-likeness (QED) is 0.0321. The first-order valence-corrected chi connectivity index (χ1v) is 29.7. The fourth-order valence-corrected chi connectivity index (χ4v) is 9.06. The van der Waals surface area contributed by atoms with Crippen LogP contribution >= 0.6 is 0 Å². The minimum Gasteiger partial charge on any atom is -0.466 e. The van der Waals surface area contributed by atoms with Gasteiger partial charge in [-0.25, -0.2) is 0 Å². The fraction of sp³-hybridized carbons (Fsp3) is 0.869. The Labute approximate surface area is 417 Å². The highest BCUT2D eigenvalue weighted by molar-refractivity contribution is 5.76. The lowest BCUT2D eigenvalue weighted by Crippen LogP contribution is -2.45. The second-order valence-electron chi connectivity index (χ2n) is 20.3. The van der Waals surface area contributed by atoms with E-state index < -0.39 is 12.1 Å². The van der Waals surface area contributed by atoms with Gasteiger partial charge in [0.1, 0.15) is 0 Å². The van der Waals surface area contributed by atoms with Crippen LogP contribution in [-0.2, 0) is 14.3 Å². The lowest BCUT2D eigenvalue weighted by molar-refractivity contribution is -0.143. The minimum absolute atomic E-state index is 0.0368. The van der Waals surface area contributed by atoms with E-state index in [4.69, 9.17) is 4.74 Å². The summed E-state index contributed by atoms with van der Waals surface area (Å²) in [6.07, 6.45) is 70.0. The van der Waals surface area contributed by atoms with Crippen molar-refractivity contribution in [3.8, 4) is 0 Å². The van der Waals surface area contributed by atoms with Crippen molar-refractivity contribution < 1.29 is 24.5 Å². The molecule has 3 N–H and O–H groups in total. The number of aliphatic hydroxyl groups excluding tert-OH is 2. The summed E-state index contributed by atoms with van der Waals surface area (Å²) in [4.78, 5) is 24.5. The largest absolute Gasteiger partial charge is 0.466 e. The van der Waals surface area contributed by atoms with Gasteiger partial charge in [0.2, 0.25) is 5.91 Å². The molecule has 0 aliphatic heterocycles. The van der Waals surface area contributed by atoms with Crippen molar-refractivity contribution in [2.75, 3.05) is 13.2 Å². The lowest BCUT2D eigenvalue weighted by atomic mass is 10.0. The van der Waals surface area contributed by atoms with Crippen molar-refractivity contribution in [2.24, 2.45) is 0 Å². The first kappa shape index (κ1) is 65.1. The number of nitrogens with one attached hydrogen (secondary N) is 1. The minimum atomic E-state index is -0.683. The Morgan fingerprint density at radius 2 is 0.761 bits per heavy atom. The Hall–Kier alpha value is -1.92. The zero-order valence-corrected chi connectivity index (χ0v) is 44.9. The van der Waals surface area contributed by atoms with E-state index in [1.165, 1.54) is 193 Å². The number of hydrogen-bond acceptors (Lipinski definition) is 5. The van der Waals surface area contributed by atoms with E-state index in [0.717, 1.165) is 89.9 Å². The highest BCUT2D eigenvalue weighted by atomic mass is 16.5.